The molecule has 0 fully saturated rings. The van der Waals surface area contributed by atoms with Crippen molar-refractivity contribution in [1.29, 1.82) is 0 Å². The lowest BCUT2D eigenvalue weighted by molar-refractivity contribution is 0.101. The van der Waals surface area contributed by atoms with Gasteiger partial charge in [0.15, 0.2) is 11.4 Å². The van der Waals surface area contributed by atoms with Gasteiger partial charge in [-0.2, -0.15) is 9.78 Å². The van der Waals surface area contributed by atoms with Gasteiger partial charge in [-0.15, -0.1) is 0 Å². The molecular formula is C22H16FN3O3. The SMILES string of the molecule is COc1cc(=O)n(-c2ccc(F)cc2)nc1C(=O)Nc1cccc2ccccc12. The maximum Gasteiger partial charge on any atom is 0.280 e. The summed E-state index contributed by atoms with van der Waals surface area (Å²) in [5.74, 6) is -0.926. The van der Waals surface area contributed by atoms with Crippen molar-refractivity contribution in [1.82, 2.24) is 9.78 Å². The van der Waals surface area contributed by atoms with E-state index in [0.29, 0.717) is 11.4 Å². The monoisotopic (exact) mass is 389 g/mol. The molecule has 144 valence electrons. The molecule has 4 aromatic rings. The van der Waals surface area contributed by atoms with E-state index in [2.05, 4.69) is 10.4 Å². The molecule has 1 amide bonds. The van der Waals surface area contributed by atoms with Crippen LogP contribution in [0.1, 0.15) is 10.5 Å². The predicted molar refractivity (Wildman–Crippen MR) is 108 cm³/mol. The first-order chi connectivity index (χ1) is 14.1. The third-order valence-electron chi connectivity index (χ3n) is 4.44. The fourth-order valence-electron chi connectivity index (χ4n) is 3.04. The van der Waals surface area contributed by atoms with Crippen LogP contribution in [0.25, 0.3) is 16.5 Å². The molecule has 0 aliphatic carbocycles. The molecular weight excluding hydrogens is 373 g/mol. The van der Waals surface area contributed by atoms with E-state index in [0.717, 1.165) is 15.5 Å². The van der Waals surface area contributed by atoms with Gasteiger partial charge in [-0.3, -0.25) is 9.59 Å². The Hall–Kier alpha value is -4.00. The van der Waals surface area contributed by atoms with Crippen molar-refractivity contribution in [3.8, 4) is 11.4 Å². The summed E-state index contributed by atoms with van der Waals surface area (Å²) in [5, 5.41) is 8.83. The Morgan fingerprint density at radius 2 is 1.76 bits per heavy atom. The van der Waals surface area contributed by atoms with Crippen molar-refractivity contribution < 1.29 is 13.9 Å². The summed E-state index contributed by atoms with van der Waals surface area (Å²) >= 11 is 0. The van der Waals surface area contributed by atoms with Crippen LogP contribution < -0.4 is 15.6 Å². The van der Waals surface area contributed by atoms with Crippen molar-refractivity contribution in [2.24, 2.45) is 0 Å². The van der Waals surface area contributed by atoms with Gasteiger partial charge in [-0.1, -0.05) is 36.4 Å². The second-order valence-corrected chi connectivity index (χ2v) is 6.27. The summed E-state index contributed by atoms with van der Waals surface area (Å²) in [6.07, 6.45) is 0. The lowest BCUT2D eigenvalue weighted by Gasteiger charge is -2.12. The summed E-state index contributed by atoms with van der Waals surface area (Å²) in [6, 6.07) is 19.6. The lowest BCUT2D eigenvalue weighted by Crippen LogP contribution is -2.26. The van der Waals surface area contributed by atoms with Crippen LogP contribution in [0.2, 0.25) is 0 Å². The van der Waals surface area contributed by atoms with Crippen LogP contribution in [0.4, 0.5) is 10.1 Å². The molecule has 0 radical (unpaired) electrons. The van der Waals surface area contributed by atoms with Crippen LogP contribution in [0.5, 0.6) is 5.75 Å². The molecule has 1 aromatic heterocycles. The summed E-state index contributed by atoms with van der Waals surface area (Å²) in [6.45, 7) is 0. The smallest absolute Gasteiger partial charge is 0.280 e. The van der Waals surface area contributed by atoms with E-state index in [-0.39, 0.29) is 11.4 Å². The standard InChI is InChI=1S/C22H16FN3O3/c1-29-19-13-20(27)26(16-11-9-15(23)10-12-16)25-21(19)22(28)24-18-8-4-6-14-5-2-3-7-17(14)18/h2-13H,1H3,(H,24,28). The van der Waals surface area contributed by atoms with Crippen molar-refractivity contribution in [2.75, 3.05) is 12.4 Å². The van der Waals surface area contributed by atoms with E-state index in [1.54, 1.807) is 6.07 Å². The molecule has 0 aliphatic rings. The van der Waals surface area contributed by atoms with E-state index in [1.807, 2.05) is 36.4 Å². The van der Waals surface area contributed by atoms with Crippen molar-refractivity contribution in [3.05, 3.63) is 94.7 Å². The van der Waals surface area contributed by atoms with Gasteiger partial charge in [0.05, 0.1) is 18.9 Å². The Labute approximate surface area is 165 Å². The first kappa shape index (κ1) is 18.4. The Morgan fingerprint density at radius 1 is 1.03 bits per heavy atom. The highest BCUT2D eigenvalue weighted by Gasteiger charge is 2.19. The number of hydrogen-bond donors (Lipinski definition) is 1. The van der Waals surface area contributed by atoms with Gasteiger partial charge in [-0.05, 0) is 35.7 Å². The van der Waals surface area contributed by atoms with Crippen LogP contribution in [0.3, 0.4) is 0 Å². The molecule has 4 rings (SSSR count). The van der Waals surface area contributed by atoms with Crippen LogP contribution in [-0.4, -0.2) is 22.8 Å². The molecule has 0 spiro atoms. The van der Waals surface area contributed by atoms with E-state index in [1.165, 1.54) is 37.4 Å². The Kier molecular flexibility index (Phi) is 4.78. The number of amides is 1. The van der Waals surface area contributed by atoms with E-state index < -0.39 is 17.3 Å². The maximum atomic E-state index is 13.2. The number of halogens is 1. The molecule has 3 aromatic carbocycles. The number of methoxy groups -OCH3 is 1. The van der Waals surface area contributed by atoms with E-state index in [9.17, 15) is 14.0 Å². The van der Waals surface area contributed by atoms with Crippen LogP contribution in [0, 0.1) is 5.82 Å². The van der Waals surface area contributed by atoms with Crippen LogP contribution in [-0.2, 0) is 0 Å². The summed E-state index contributed by atoms with van der Waals surface area (Å²) in [4.78, 5) is 25.3. The molecule has 1 heterocycles. The highest BCUT2D eigenvalue weighted by atomic mass is 19.1. The third-order valence-corrected chi connectivity index (χ3v) is 4.44. The average molecular weight is 389 g/mol. The first-order valence-corrected chi connectivity index (χ1v) is 8.80. The van der Waals surface area contributed by atoms with Crippen LogP contribution in [0.15, 0.2) is 77.6 Å². The molecule has 0 aliphatic heterocycles. The number of carbonyl (C=O) groups excluding carboxylic acids is 1. The highest BCUT2D eigenvalue weighted by molar-refractivity contribution is 6.09. The van der Waals surface area contributed by atoms with Gasteiger partial charge in [0.25, 0.3) is 11.5 Å². The zero-order valence-corrected chi connectivity index (χ0v) is 15.4. The van der Waals surface area contributed by atoms with Gasteiger partial charge < -0.3 is 10.1 Å². The van der Waals surface area contributed by atoms with Gasteiger partial charge >= 0.3 is 0 Å². The molecule has 6 nitrogen and oxygen atoms in total. The largest absolute Gasteiger partial charge is 0.494 e. The minimum absolute atomic E-state index is 0.0473. The number of nitrogens with one attached hydrogen (secondary N) is 1. The second-order valence-electron chi connectivity index (χ2n) is 6.27. The maximum absolute atomic E-state index is 13.2. The quantitative estimate of drug-likeness (QED) is 0.576. The highest BCUT2D eigenvalue weighted by Crippen LogP contribution is 2.24. The normalized spacial score (nSPS) is 10.7. The van der Waals surface area contributed by atoms with Crippen molar-refractivity contribution in [3.63, 3.8) is 0 Å². The minimum atomic E-state index is -0.533. The minimum Gasteiger partial charge on any atom is -0.494 e. The molecule has 0 atom stereocenters. The van der Waals surface area contributed by atoms with Gasteiger partial charge in [-0.25, -0.2) is 4.39 Å². The Bertz CT molecular complexity index is 1260. The number of aromatic nitrogens is 2. The number of carbonyl (C=O) groups is 1. The number of nitrogens with zero attached hydrogens (tertiary/aromatic N) is 2. The van der Waals surface area contributed by atoms with E-state index in [4.69, 9.17) is 4.74 Å². The Morgan fingerprint density at radius 3 is 2.52 bits per heavy atom. The number of anilines is 1. The molecule has 0 bridgehead atoms. The molecule has 1 N–H and O–H groups in total. The molecule has 7 heteroatoms. The summed E-state index contributed by atoms with van der Waals surface area (Å²) in [5.41, 5.74) is 0.370. The first-order valence-electron chi connectivity index (χ1n) is 8.80. The molecule has 29 heavy (non-hydrogen) atoms. The fraction of sp³-hybridized carbons (Fsp3) is 0.0455. The van der Waals surface area contributed by atoms with Crippen LogP contribution >= 0.6 is 0 Å². The molecule has 0 saturated carbocycles. The van der Waals surface area contributed by atoms with Gasteiger partial charge in [0, 0.05) is 11.1 Å². The average Bonchev–Trinajstić information content (AvgIpc) is 2.74. The Balaban J connectivity index is 1.76. The number of ether oxygens (including phenoxy) is 1. The molecule has 0 unspecified atom stereocenters. The van der Waals surface area contributed by atoms with E-state index >= 15 is 0 Å². The predicted octanol–water partition coefficient (Wildman–Crippen LogP) is 3.79. The number of hydrogen-bond acceptors (Lipinski definition) is 4. The third kappa shape index (κ3) is 3.58. The topological polar surface area (TPSA) is 73.2 Å². The van der Waals surface area contributed by atoms with Crippen molar-refractivity contribution >= 4 is 22.4 Å². The summed E-state index contributed by atoms with van der Waals surface area (Å²) in [7, 11) is 1.35. The van der Waals surface area contributed by atoms with Crippen molar-refractivity contribution in [2.45, 2.75) is 0 Å². The molecule has 0 saturated heterocycles. The van der Waals surface area contributed by atoms with Gasteiger partial charge in [0.1, 0.15) is 5.82 Å². The second kappa shape index (κ2) is 7.55. The summed E-state index contributed by atoms with van der Waals surface area (Å²) < 4.78 is 19.4. The zero-order chi connectivity index (χ0) is 20.4. The number of rotatable bonds is 4. The number of benzene rings is 3. The number of fused-ring (bicyclic) bond motifs is 1. The fourth-order valence-corrected chi connectivity index (χ4v) is 3.04. The zero-order valence-electron chi connectivity index (χ0n) is 15.4. The van der Waals surface area contributed by atoms with Gasteiger partial charge in [0.2, 0.25) is 0 Å². The lowest BCUT2D eigenvalue weighted by atomic mass is 10.1.